The van der Waals surface area contributed by atoms with Crippen LogP contribution in [0.1, 0.15) is 51.2 Å². The molecule has 3 rings (SSSR count). The van der Waals surface area contributed by atoms with Gasteiger partial charge in [-0.05, 0) is 51.3 Å². The molecule has 1 atom stereocenters. The van der Waals surface area contributed by atoms with Gasteiger partial charge in [-0.15, -0.1) is 24.0 Å². The van der Waals surface area contributed by atoms with Crippen LogP contribution < -0.4 is 10.6 Å². The average Bonchev–Trinajstić information content (AvgIpc) is 2.77. The Morgan fingerprint density at radius 1 is 1.10 bits per heavy atom. The van der Waals surface area contributed by atoms with Gasteiger partial charge in [0.15, 0.2) is 5.96 Å². The fourth-order valence-electron chi connectivity index (χ4n) is 4.48. The quantitative estimate of drug-likeness (QED) is 0.314. The van der Waals surface area contributed by atoms with Gasteiger partial charge in [-0.25, -0.2) is 0 Å². The van der Waals surface area contributed by atoms with Gasteiger partial charge >= 0.3 is 0 Å². The number of halogens is 1. The second-order valence-electron chi connectivity index (χ2n) is 9.28. The van der Waals surface area contributed by atoms with Gasteiger partial charge in [0.2, 0.25) is 0 Å². The fraction of sp³-hybridized carbons (Fsp3) is 0.708. The maximum atomic E-state index is 5.50. The third-order valence-electron chi connectivity index (χ3n) is 6.66. The highest BCUT2D eigenvalue weighted by atomic mass is 127. The van der Waals surface area contributed by atoms with Gasteiger partial charge in [-0.1, -0.05) is 30.7 Å². The van der Waals surface area contributed by atoms with Crippen molar-refractivity contribution in [1.29, 1.82) is 0 Å². The molecule has 176 valence electrons. The first kappa shape index (κ1) is 26.4. The van der Waals surface area contributed by atoms with Gasteiger partial charge in [0.25, 0.3) is 0 Å². The van der Waals surface area contributed by atoms with E-state index in [2.05, 4.69) is 70.5 Å². The predicted molar refractivity (Wildman–Crippen MR) is 140 cm³/mol. The number of ether oxygens (including phenoxy) is 1. The number of rotatable bonds is 7. The molecule has 2 N–H and O–H groups in total. The Hall–Kier alpha value is -0.900. The highest BCUT2D eigenvalue weighted by Crippen LogP contribution is 2.21. The number of likely N-dealkylation sites (tertiary alicyclic amines) is 1. The van der Waals surface area contributed by atoms with E-state index in [9.17, 15) is 0 Å². The summed E-state index contributed by atoms with van der Waals surface area (Å²) in [7, 11) is 1.85. The molecule has 31 heavy (non-hydrogen) atoms. The van der Waals surface area contributed by atoms with Crippen molar-refractivity contribution in [3.05, 3.63) is 35.4 Å². The molecule has 1 aromatic carbocycles. The second-order valence-corrected chi connectivity index (χ2v) is 9.28. The first-order chi connectivity index (χ1) is 14.5. The number of hydrogen-bond acceptors (Lipinski definition) is 4. The minimum atomic E-state index is 0. The smallest absolute Gasteiger partial charge is 0.191 e. The summed E-state index contributed by atoms with van der Waals surface area (Å²) in [6.45, 7) is 14.4. The van der Waals surface area contributed by atoms with E-state index in [4.69, 9.17) is 4.74 Å². The van der Waals surface area contributed by atoms with Crippen molar-refractivity contribution in [1.82, 2.24) is 20.4 Å². The summed E-state index contributed by atoms with van der Waals surface area (Å²) in [4.78, 5) is 9.57. The molecule has 2 fully saturated rings. The van der Waals surface area contributed by atoms with E-state index < -0.39 is 0 Å². The Bertz CT molecular complexity index is 690. The Labute approximate surface area is 206 Å². The molecule has 2 saturated heterocycles. The van der Waals surface area contributed by atoms with Crippen molar-refractivity contribution < 1.29 is 4.74 Å². The third-order valence-corrected chi connectivity index (χ3v) is 6.66. The number of benzene rings is 1. The van der Waals surface area contributed by atoms with E-state index in [1.165, 1.54) is 36.9 Å². The van der Waals surface area contributed by atoms with Gasteiger partial charge in [0.1, 0.15) is 0 Å². The van der Waals surface area contributed by atoms with Crippen LogP contribution in [0.25, 0.3) is 0 Å². The molecule has 0 spiro atoms. The van der Waals surface area contributed by atoms with Gasteiger partial charge in [-0.2, -0.15) is 0 Å². The molecular formula is C24H42IN5O. The summed E-state index contributed by atoms with van der Waals surface area (Å²) >= 11 is 0. The first-order valence-corrected chi connectivity index (χ1v) is 11.6. The van der Waals surface area contributed by atoms with Crippen molar-refractivity contribution in [3.8, 4) is 0 Å². The van der Waals surface area contributed by atoms with E-state index in [-0.39, 0.29) is 29.5 Å². The zero-order valence-corrected chi connectivity index (χ0v) is 22.2. The lowest BCUT2D eigenvalue weighted by Gasteiger charge is -2.41. The normalized spacial score (nSPS) is 21.4. The lowest BCUT2D eigenvalue weighted by atomic mass is 10.0. The van der Waals surface area contributed by atoms with Crippen LogP contribution in [-0.2, 0) is 17.8 Å². The fourth-order valence-corrected chi connectivity index (χ4v) is 4.48. The lowest BCUT2D eigenvalue weighted by Crippen LogP contribution is -2.56. The van der Waals surface area contributed by atoms with Crippen molar-refractivity contribution in [2.45, 2.75) is 64.7 Å². The summed E-state index contributed by atoms with van der Waals surface area (Å²) in [5.41, 5.74) is 2.83. The van der Waals surface area contributed by atoms with Crippen LogP contribution in [0.15, 0.2) is 29.3 Å². The monoisotopic (exact) mass is 543 g/mol. The lowest BCUT2D eigenvalue weighted by molar-refractivity contribution is -0.00834. The SMILES string of the molecule is CN=C(NCc1ccccc1CN1CCCCC1C)NCC(C)(C)N1CCOCC1.I. The Morgan fingerprint density at radius 2 is 1.81 bits per heavy atom. The highest BCUT2D eigenvalue weighted by Gasteiger charge is 2.28. The van der Waals surface area contributed by atoms with Crippen molar-refractivity contribution in [3.63, 3.8) is 0 Å². The molecule has 1 unspecified atom stereocenters. The predicted octanol–water partition coefficient (Wildman–Crippen LogP) is 3.45. The van der Waals surface area contributed by atoms with Crippen molar-refractivity contribution in [2.24, 2.45) is 4.99 Å². The van der Waals surface area contributed by atoms with E-state index in [0.29, 0.717) is 6.04 Å². The molecule has 0 radical (unpaired) electrons. The van der Waals surface area contributed by atoms with E-state index in [0.717, 1.165) is 51.9 Å². The zero-order chi connectivity index (χ0) is 21.4. The van der Waals surface area contributed by atoms with Crippen LogP contribution in [0.4, 0.5) is 0 Å². The number of piperidine rings is 1. The third kappa shape index (κ3) is 7.87. The molecular weight excluding hydrogens is 501 g/mol. The summed E-state index contributed by atoms with van der Waals surface area (Å²) in [5, 5.41) is 7.06. The minimum absolute atomic E-state index is 0. The highest BCUT2D eigenvalue weighted by molar-refractivity contribution is 14.0. The molecule has 2 heterocycles. The topological polar surface area (TPSA) is 52.1 Å². The summed E-state index contributed by atoms with van der Waals surface area (Å²) < 4.78 is 5.50. The Balaban J connectivity index is 0.00000341. The molecule has 0 aromatic heterocycles. The molecule has 1 aromatic rings. The van der Waals surface area contributed by atoms with Crippen LogP contribution in [0.5, 0.6) is 0 Å². The summed E-state index contributed by atoms with van der Waals surface area (Å²) in [6.07, 6.45) is 4.00. The number of aliphatic imine (C=N–C) groups is 1. The van der Waals surface area contributed by atoms with E-state index in [1.807, 2.05) is 7.05 Å². The second kappa shape index (κ2) is 13.0. The molecule has 2 aliphatic rings. The maximum Gasteiger partial charge on any atom is 0.191 e. The van der Waals surface area contributed by atoms with Gasteiger partial charge in [0, 0.05) is 51.4 Å². The van der Waals surface area contributed by atoms with Crippen molar-refractivity contribution >= 4 is 29.9 Å². The maximum absolute atomic E-state index is 5.50. The Kier molecular flexibility index (Phi) is 11.0. The van der Waals surface area contributed by atoms with Gasteiger partial charge < -0.3 is 15.4 Å². The number of guanidine groups is 1. The minimum Gasteiger partial charge on any atom is -0.379 e. The molecule has 6 nitrogen and oxygen atoms in total. The molecule has 0 saturated carbocycles. The molecule has 2 aliphatic heterocycles. The average molecular weight is 544 g/mol. The van der Waals surface area contributed by atoms with Gasteiger partial charge in [-0.3, -0.25) is 14.8 Å². The summed E-state index contributed by atoms with van der Waals surface area (Å²) in [6, 6.07) is 9.48. The Morgan fingerprint density at radius 3 is 2.48 bits per heavy atom. The van der Waals surface area contributed by atoms with E-state index >= 15 is 0 Å². The van der Waals surface area contributed by atoms with Crippen LogP contribution >= 0.6 is 24.0 Å². The molecule has 0 aliphatic carbocycles. The molecule has 7 heteroatoms. The largest absolute Gasteiger partial charge is 0.379 e. The first-order valence-electron chi connectivity index (χ1n) is 11.6. The van der Waals surface area contributed by atoms with Crippen LogP contribution in [0.2, 0.25) is 0 Å². The number of nitrogens with zero attached hydrogens (tertiary/aromatic N) is 3. The molecule has 0 bridgehead atoms. The van der Waals surface area contributed by atoms with Crippen molar-refractivity contribution in [2.75, 3.05) is 46.4 Å². The summed E-state index contributed by atoms with van der Waals surface area (Å²) in [5.74, 6) is 0.859. The zero-order valence-electron chi connectivity index (χ0n) is 19.8. The van der Waals surface area contributed by atoms with Crippen LogP contribution in [-0.4, -0.2) is 73.8 Å². The van der Waals surface area contributed by atoms with Crippen LogP contribution in [0, 0.1) is 0 Å². The number of nitrogens with one attached hydrogen (secondary N) is 2. The van der Waals surface area contributed by atoms with Gasteiger partial charge in [0.05, 0.1) is 13.2 Å². The molecule has 0 amide bonds. The van der Waals surface area contributed by atoms with Crippen LogP contribution in [0.3, 0.4) is 0 Å². The van der Waals surface area contributed by atoms with E-state index in [1.54, 1.807) is 0 Å². The number of morpholine rings is 1. The standard InChI is InChI=1S/C24H41N5O.HI/c1-20-9-7-8-12-28(20)18-22-11-6-5-10-21(22)17-26-23(25-4)27-19-24(2,3)29-13-15-30-16-14-29;/h5-6,10-11,20H,7-9,12-19H2,1-4H3,(H2,25,26,27);1H. The number of hydrogen-bond donors (Lipinski definition) is 2.